The Kier molecular flexibility index (Phi) is 3.49. The molecule has 0 amide bonds. The first kappa shape index (κ1) is 11.5. The highest BCUT2D eigenvalue weighted by molar-refractivity contribution is 5.49. The highest BCUT2D eigenvalue weighted by Gasteiger charge is 2.18. The maximum Gasteiger partial charge on any atom is 0.0668 e. The lowest BCUT2D eigenvalue weighted by Crippen LogP contribution is -2.43. The van der Waals surface area contributed by atoms with E-state index >= 15 is 0 Å². The summed E-state index contributed by atoms with van der Waals surface area (Å²) in [5, 5.41) is 0. The number of ether oxygens (including phenoxy) is 1. The first-order valence-corrected chi connectivity index (χ1v) is 6.13. The van der Waals surface area contributed by atoms with Gasteiger partial charge in [-0.1, -0.05) is 26.0 Å². The third-order valence-electron chi connectivity index (χ3n) is 3.26. The SMILES string of the molecule is CC(C)c1ccc(N2CCOCC2C)cc1. The molecule has 2 heteroatoms. The molecule has 0 saturated carbocycles. The number of benzene rings is 1. The molecule has 1 fully saturated rings. The molecule has 1 aliphatic heterocycles. The van der Waals surface area contributed by atoms with Gasteiger partial charge < -0.3 is 9.64 Å². The Labute approximate surface area is 98.2 Å². The number of hydrogen-bond donors (Lipinski definition) is 0. The Morgan fingerprint density at radius 1 is 1.25 bits per heavy atom. The third kappa shape index (κ3) is 2.38. The van der Waals surface area contributed by atoms with E-state index in [4.69, 9.17) is 4.74 Å². The molecule has 2 nitrogen and oxygen atoms in total. The Morgan fingerprint density at radius 3 is 2.50 bits per heavy atom. The Morgan fingerprint density at radius 2 is 1.94 bits per heavy atom. The van der Waals surface area contributed by atoms with E-state index in [-0.39, 0.29) is 0 Å². The van der Waals surface area contributed by atoms with Gasteiger partial charge in [-0.2, -0.15) is 0 Å². The van der Waals surface area contributed by atoms with Crippen molar-refractivity contribution in [3.63, 3.8) is 0 Å². The molecular formula is C14H21NO. The van der Waals surface area contributed by atoms with Gasteiger partial charge in [0.15, 0.2) is 0 Å². The van der Waals surface area contributed by atoms with Crippen LogP contribution in [0.3, 0.4) is 0 Å². The van der Waals surface area contributed by atoms with Crippen molar-refractivity contribution in [3.05, 3.63) is 29.8 Å². The van der Waals surface area contributed by atoms with Gasteiger partial charge in [0.2, 0.25) is 0 Å². The van der Waals surface area contributed by atoms with Crippen molar-refractivity contribution in [2.45, 2.75) is 32.7 Å². The zero-order valence-corrected chi connectivity index (χ0v) is 10.4. The summed E-state index contributed by atoms with van der Waals surface area (Å²) in [5.41, 5.74) is 2.73. The normalized spacial score (nSPS) is 21.5. The van der Waals surface area contributed by atoms with Gasteiger partial charge in [0.05, 0.1) is 13.2 Å². The number of rotatable bonds is 2. The van der Waals surface area contributed by atoms with Crippen molar-refractivity contribution >= 4 is 5.69 Å². The summed E-state index contributed by atoms with van der Waals surface area (Å²) in [5.74, 6) is 0.608. The molecule has 1 aromatic carbocycles. The lowest BCUT2D eigenvalue weighted by molar-refractivity contribution is 0.0989. The van der Waals surface area contributed by atoms with Crippen LogP contribution in [0, 0.1) is 0 Å². The smallest absolute Gasteiger partial charge is 0.0668 e. The van der Waals surface area contributed by atoms with E-state index in [9.17, 15) is 0 Å². The zero-order chi connectivity index (χ0) is 11.5. The van der Waals surface area contributed by atoms with Crippen LogP contribution in [0.2, 0.25) is 0 Å². The zero-order valence-electron chi connectivity index (χ0n) is 10.4. The van der Waals surface area contributed by atoms with Crippen LogP contribution in [0.15, 0.2) is 24.3 Å². The molecule has 1 saturated heterocycles. The molecule has 1 heterocycles. The Balaban J connectivity index is 2.14. The Hall–Kier alpha value is -1.02. The predicted octanol–water partition coefficient (Wildman–Crippen LogP) is 3.04. The minimum atomic E-state index is 0.485. The van der Waals surface area contributed by atoms with Gasteiger partial charge in [0.25, 0.3) is 0 Å². The second-order valence-corrected chi connectivity index (χ2v) is 4.86. The van der Waals surface area contributed by atoms with Gasteiger partial charge in [-0.05, 0) is 30.5 Å². The van der Waals surface area contributed by atoms with Gasteiger partial charge in [0.1, 0.15) is 0 Å². The lowest BCUT2D eigenvalue weighted by atomic mass is 10.0. The molecule has 16 heavy (non-hydrogen) atoms. The molecule has 2 rings (SSSR count). The number of anilines is 1. The van der Waals surface area contributed by atoms with Crippen LogP contribution in [-0.2, 0) is 4.74 Å². The molecule has 1 atom stereocenters. The highest BCUT2D eigenvalue weighted by Crippen LogP contribution is 2.22. The second-order valence-electron chi connectivity index (χ2n) is 4.86. The fourth-order valence-electron chi connectivity index (χ4n) is 2.16. The summed E-state index contributed by atoms with van der Waals surface area (Å²) in [6.07, 6.45) is 0. The molecule has 0 spiro atoms. The van der Waals surface area contributed by atoms with Gasteiger partial charge >= 0.3 is 0 Å². The van der Waals surface area contributed by atoms with Gasteiger partial charge in [-0.3, -0.25) is 0 Å². The Bertz CT molecular complexity index is 331. The lowest BCUT2D eigenvalue weighted by Gasteiger charge is -2.35. The predicted molar refractivity (Wildman–Crippen MR) is 68.2 cm³/mol. The first-order valence-electron chi connectivity index (χ1n) is 6.13. The molecule has 1 aliphatic rings. The number of nitrogens with zero attached hydrogens (tertiary/aromatic N) is 1. The summed E-state index contributed by atoms with van der Waals surface area (Å²) in [7, 11) is 0. The number of hydrogen-bond acceptors (Lipinski definition) is 2. The monoisotopic (exact) mass is 219 g/mol. The van der Waals surface area contributed by atoms with E-state index in [1.54, 1.807) is 0 Å². The van der Waals surface area contributed by atoms with Crippen LogP contribution in [0.25, 0.3) is 0 Å². The van der Waals surface area contributed by atoms with Gasteiger partial charge in [-0.15, -0.1) is 0 Å². The minimum absolute atomic E-state index is 0.485. The molecule has 0 radical (unpaired) electrons. The van der Waals surface area contributed by atoms with Crippen molar-refractivity contribution in [2.75, 3.05) is 24.7 Å². The largest absolute Gasteiger partial charge is 0.377 e. The quantitative estimate of drug-likeness (QED) is 0.758. The van der Waals surface area contributed by atoms with Crippen molar-refractivity contribution in [2.24, 2.45) is 0 Å². The topological polar surface area (TPSA) is 12.5 Å². The molecular weight excluding hydrogens is 198 g/mol. The van der Waals surface area contributed by atoms with E-state index < -0.39 is 0 Å². The summed E-state index contributed by atoms with van der Waals surface area (Å²) in [6.45, 7) is 9.36. The van der Waals surface area contributed by atoms with Crippen molar-refractivity contribution in [1.82, 2.24) is 0 Å². The van der Waals surface area contributed by atoms with Crippen LogP contribution in [0.5, 0.6) is 0 Å². The fourth-order valence-corrected chi connectivity index (χ4v) is 2.16. The summed E-state index contributed by atoms with van der Waals surface area (Å²) in [6, 6.07) is 9.43. The average Bonchev–Trinajstić information content (AvgIpc) is 2.30. The van der Waals surface area contributed by atoms with E-state index in [1.807, 2.05) is 0 Å². The molecule has 0 bridgehead atoms. The summed E-state index contributed by atoms with van der Waals surface area (Å²) < 4.78 is 5.45. The van der Waals surface area contributed by atoms with Crippen LogP contribution in [0.4, 0.5) is 5.69 Å². The van der Waals surface area contributed by atoms with E-state index in [0.717, 1.165) is 19.8 Å². The van der Waals surface area contributed by atoms with Gasteiger partial charge in [0, 0.05) is 18.3 Å². The molecule has 88 valence electrons. The second kappa shape index (κ2) is 4.88. The molecule has 0 aromatic heterocycles. The van der Waals surface area contributed by atoms with Crippen molar-refractivity contribution in [3.8, 4) is 0 Å². The average molecular weight is 219 g/mol. The van der Waals surface area contributed by atoms with Gasteiger partial charge in [-0.25, -0.2) is 0 Å². The summed E-state index contributed by atoms with van der Waals surface area (Å²) >= 11 is 0. The molecule has 1 aromatic rings. The third-order valence-corrected chi connectivity index (χ3v) is 3.26. The fraction of sp³-hybridized carbons (Fsp3) is 0.571. The molecule has 1 unspecified atom stereocenters. The van der Waals surface area contributed by atoms with E-state index in [1.165, 1.54) is 11.3 Å². The molecule has 0 N–H and O–H groups in total. The summed E-state index contributed by atoms with van der Waals surface area (Å²) in [4.78, 5) is 2.42. The molecule has 0 aliphatic carbocycles. The van der Waals surface area contributed by atoms with E-state index in [0.29, 0.717) is 12.0 Å². The highest BCUT2D eigenvalue weighted by atomic mass is 16.5. The minimum Gasteiger partial charge on any atom is -0.377 e. The van der Waals surface area contributed by atoms with Crippen molar-refractivity contribution in [1.29, 1.82) is 0 Å². The van der Waals surface area contributed by atoms with Crippen molar-refractivity contribution < 1.29 is 4.74 Å². The maximum absolute atomic E-state index is 5.45. The standard InChI is InChI=1S/C14H21NO/c1-11(2)13-4-6-14(7-5-13)15-8-9-16-10-12(15)3/h4-7,11-12H,8-10H2,1-3H3. The van der Waals surface area contributed by atoms with Crippen LogP contribution in [0.1, 0.15) is 32.3 Å². The maximum atomic E-state index is 5.45. The van der Waals surface area contributed by atoms with Crippen LogP contribution < -0.4 is 4.90 Å². The van der Waals surface area contributed by atoms with Crippen LogP contribution in [-0.4, -0.2) is 25.8 Å². The van der Waals surface area contributed by atoms with Crippen LogP contribution >= 0.6 is 0 Å². The first-order chi connectivity index (χ1) is 7.68. The van der Waals surface area contributed by atoms with E-state index in [2.05, 4.69) is 49.9 Å². The number of morpholine rings is 1.